The van der Waals surface area contributed by atoms with E-state index in [1.165, 1.54) is 24.3 Å². The monoisotopic (exact) mass is 407 g/mol. The molecule has 0 aliphatic rings. The van der Waals surface area contributed by atoms with Crippen LogP contribution in [-0.2, 0) is 20.7 Å². The van der Waals surface area contributed by atoms with Crippen molar-refractivity contribution < 1.29 is 18.7 Å². The largest absolute Gasteiger partial charge is 0.455 e. The fourth-order valence-electron chi connectivity index (χ4n) is 2.32. The van der Waals surface area contributed by atoms with Crippen LogP contribution in [0.1, 0.15) is 30.5 Å². The average Bonchev–Trinajstić information content (AvgIpc) is 2.61. The smallest absolute Gasteiger partial charge is 0.310 e. The van der Waals surface area contributed by atoms with Gasteiger partial charge in [0.15, 0.2) is 6.61 Å². The molecule has 1 N–H and O–H groups in total. The lowest BCUT2D eigenvalue weighted by atomic mass is 10.0. The van der Waals surface area contributed by atoms with Gasteiger partial charge in [-0.25, -0.2) is 4.39 Å². The van der Waals surface area contributed by atoms with E-state index in [0.717, 1.165) is 16.5 Å². The zero-order valence-electron chi connectivity index (χ0n) is 13.8. The van der Waals surface area contributed by atoms with Gasteiger partial charge in [0.1, 0.15) is 5.82 Å². The van der Waals surface area contributed by atoms with Crippen LogP contribution >= 0.6 is 15.9 Å². The molecule has 0 radical (unpaired) electrons. The molecule has 0 aromatic heterocycles. The lowest BCUT2D eigenvalue weighted by molar-refractivity contribution is -0.148. The number of nitrogens with one attached hydrogen (secondary N) is 1. The summed E-state index contributed by atoms with van der Waals surface area (Å²) in [7, 11) is 0. The first-order chi connectivity index (χ1) is 12.0. The maximum atomic E-state index is 12.8. The van der Waals surface area contributed by atoms with Crippen molar-refractivity contribution in [3.05, 3.63) is 69.9 Å². The van der Waals surface area contributed by atoms with Gasteiger partial charge >= 0.3 is 5.97 Å². The van der Waals surface area contributed by atoms with Crippen molar-refractivity contribution in [2.75, 3.05) is 6.61 Å². The first kappa shape index (κ1) is 19.1. The van der Waals surface area contributed by atoms with Gasteiger partial charge in [0, 0.05) is 4.47 Å². The molecule has 25 heavy (non-hydrogen) atoms. The second-order valence-corrected chi connectivity index (χ2v) is 6.46. The highest BCUT2D eigenvalue weighted by atomic mass is 79.9. The molecule has 2 rings (SSSR count). The van der Waals surface area contributed by atoms with E-state index in [1.54, 1.807) is 0 Å². The fourth-order valence-corrected chi connectivity index (χ4v) is 2.58. The zero-order valence-corrected chi connectivity index (χ0v) is 15.4. The second-order valence-electron chi connectivity index (χ2n) is 5.54. The molecular weight excluding hydrogens is 389 g/mol. The molecule has 2 aromatic rings. The Morgan fingerprint density at radius 2 is 1.76 bits per heavy atom. The normalized spacial score (nSPS) is 11.6. The summed E-state index contributed by atoms with van der Waals surface area (Å²) < 4.78 is 18.8. The van der Waals surface area contributed by atoms with E-state index >= 15 is 0 Å². The predicted octanol–water partition coefficient (Wildman–Crippen LogP) is 3.94. The van der Waals surface area contributed by atoms with E-state index in [2.05, 4.69) is 21.2 Å². The molecule has 0 fully saturated rings. The van der Waals surface area contributed by atoms with Crippen LogP contribution in [0.5, 0.6) is 0 Å². The quantitative estimate of drug-likeness (QED) is 0.707. The van der Waals surface area contributed by atoms with E-state index in [9.17, 15) is 14.0 Å². The van der Waals surface area contributed by atoms with Crippen LogP contribution in [-0.4, -0.2) is 18.5 Å². The molecule has 0 aliphatic carbocycles. The van der Waals surface area contributed by atoms with Gasteiger partial charge in [0.05, 0.1) is 12.5 Å². The lowest BCUT2D eigenvalue weighted by Gasteiger charge is -2.17. The first-order valence-electron chi connectivity index (χ1n) is 7.93. The number of hydrogen-bond acceptors (Lipinski definition) is 3. The summed E-state index contributed by atoms with van der Waals surface area (Å²) in [6, 6.07) is 13.1. The molecule has 0 saturated heterocycles. The van der Waals surface area contributed by atoms with Crippen molar-refractivity contribution in [1.29, 1.82) is 0 Å². The maximum absolute atomic E-state index is 12.8. The Labute approximate surface area is 154 Å². The first-order valence-corrected chi connectivity index (χ1v) is 8.72. The van der Waals surface area contributed by atoms with E-state index in [4.69, 9.17) is 4.74 Å². The van der Waals surface area contributed by atoms with Crippen LogP contribution in [0.3, 0.4) is 0 Å². The molecule has 1 amide bonds. The number of ether oxygens (including phenoxy) is 1. The van der Waals surface area contributed by atoms with Gasteiger partial charge in [-0.3, -0.25) is 9.59 Å². The SMILES string of the molecule is CC[C@H](NC(=O)COC(=O)Cc1ccc(F)cc1)c1ccc(Br)cc1. The van der Waals surface area contributed by atoms with Gasteiger partial charge in [-0.2, -0.15) is 0 Å². The summed E-state index contributed by atoms with van der Waals surface area (Å²) in [6.45, 7) is 1.63. The standard InChI is InChI=1S/C19H19BrFNO3/c1-2-17(14-5-7-15(20)8-6-14)22-18(23)12-25-19(24)11-13-3-9-16(21)10-4-13/h3-10,17H,2,11-12H2,1H3,(H,22,23)/t17-/m0/s1. The number of amides is 1. The van der Waals surface area contributed by atoms with Crippen molar-refractivity contribution in [3.8, 4) is 0 Å². The number of carbonyl (C=O) groups is 2. The summed E-state index contributed by atoms with van der Waals surface area (Å²) in [5.74, 6) is -1.25. The van der Waals surface area contributed by atoms with E-state index in [0.29, 0.717) is 5.56 Å². The van der Waals surface area contributed by atoms with Gasteiger partial charge in [0.2, 0.25) is 0 Å². The molecule has 2 aromatic carbocycles. The number of hydrogen-bond donors (Lipinski definition) is 1. The Balaban J connectivity index is 1.81. The van der Waals surface area contributed by atoms with E-state index in [-0.39, 0.29) is 30.8 Å². The highest BCUT2D eigenvalue weighted by Crippen LogP contribution is 2.19. The predicted molar refractivity (Wildman–Crippen MR) is 96.4 cm³/mol. The van der Waals surface area contributed by atoms with Gasteiger partial charge in [-0.05, 0) is 41.8 Å². The Morgan fingerprint density at radius 1 is 1.12 bits per heavy atom. The molecule has 0 heterocycles. The number of esters is 1. The third kappa shape index (κ3) is 6.31. The van der Waals surface area contributed by atoms with Gasteiger partial charge in [-0.1, -0.05) is 47.1 Å². The summed E-state index contributed by atoms with van der Waals surface area (Å²) in [6.07, 6.45) is 0.717. The summed E-state index contributed by atoms with van der Waals surface area (Å²) in [5, 5.41) is 2.85. The molecular formula is C19H19BrFNO3. The Kier molecular flexibility index (Phi) is 7.13. The van der Waals surface area contributed by atoms with Crippen molar-refractivity contribution in [2.24, 2.45) is 0 Å². The third-order valence-electron chi connectivity index (χ3n) is 3.64. The van der Waals surface area contributed by atoms with Crippen molar-refractivity contribution in [2.45, 2.75) is 25.8 Å². The van der Waals surface area contributed by atoms with Crippen molar-refractivity contribution in [3.63, 3.8) is 0 Å². The summed E-state index contributed by atoms with van der Waals surface area (Å²) in [5.41, 5.74) is 1.62. The molecule has 0 bridgehead atoms. The van der Waals surface area contributed by atoms with Crippen molar-refractivity contribution in [1.82, 2.24) is 5.32 Å². The summed E-state index contributed by atoms with van der Waals surface area (Å²) in [4.78, 5) is 23.8. The van der Waals surface area contributed by atoms with Gasteiger partial charge in [-0.15, -0.1) is 0 Å². The third-order valence-corrected chi connectivity index (χ3v) is 4.17. The van der Waals surface area contributed by atoms with Crippen LogP contribution in [0.2, 0.25) is 0 Å². The molecule has 0 spiro atoms. The van der Waals surface area contributed by atoms with Gasteiger partial charge < -0.3 is 10.1 Å². The lowest BCUT2D eigenvalue weighted by Crippen LogP contribution is -2.32. The Hall–Kier alpha value is -2.21. The van der Waals surface area contributed by atoms with Crippen LogP contribution in [0.15, 0.2) is 53.0 Å². The minimum absolute atomic E-state index is 0.00250. The van der Waals surface area contributed by atoms with Crippen LogP contribution < -0.4 is 5.32 Å². The fraction of sp³-hybridized carbons (Fsp3) is 0.263. The molecule has 0 saturated carbocycles. The van der Waals surface area contributed by atoms with Crippen LogP contribution in [0.4, 0.5) is 4.39 Å². The minimum Gasteiger partial charge on any atom is -0.455 e. The maximum Gasteiger partial charge on any atom is 0.310 e. The molecule has 4 nitrogen and oxygen atoms in total. The topological polar surface area (TPSA) is 55.4 Å². The molecule has 6 heteroatoms. The van der Waals surface area contributed by atoms with E-state index in [1.807, 2.05) is 31.2 Å². The molecule has 1 atom stereocenters. The van der Waals surface area contributed by atoms with Crippen LogP contribution in [0.25, 0.3) is 0 Å². The minimum atomic E-state index is -0.529. The molecule has 0 aliphatic heterocycles. The average molecular weight is 408 g/mol. The van der Waals surface area contributed by atoms with Crippen molar-refractivity contribution >= 4 is 27.8 Å². The number of benzene rings is 2. The zero-order chi connectivity index (χ0) is 18.2. The van der Waals surface area contributed by atoms with Gasteiger partial charge in [0.25, 0.3) is 5.91 Å². The number of carbonyl (C=O) groups excluding carboxylic acids is 2. The summed E-state index contributed by atoms with van der Waals surface area (Å²) >= 11 is 3.37. The second kappa shape index (κ2) is 9.32. The number of rotatable bonds is 7. The molecule has 132 valence electrons. The van der Waals surface area contributed by atoms with E-state index < -0.39 is 5.97 Å². The number of halogens is 2. The Bertz CT molecular complexity index is 716. The highest BCUT2D eigenvalue weighted by molar-refractivity contribution is 9.10. The molecule has 0 unspecified atom stereocenters. The highest BCUT2D eigenvalue weighted by Gasteiger charge is 2.14. The Morgan fingerprint density at radius 3 is 2.36 bits per heavy atom. The van der Waals surface area contributed by atoms with Crippen LogP contribution in [0, 0.1) is 5.82 Å².